The van der Waals surface area contributed by atoms with E-state index in [1.807, 2.05) is 25.7 Å². The van der Waals surface area contributed by atoms with E-state index in [2.05, 4.69) is 13.8 Å². The number of rotatable bonds is 3. The molecule has 1 unspecified atom stereocenters. The Morgan fingerprint density at radius 3 is 2.56 bits per heavy atom. The summed E-state index contributed by atoms with van der Waals surface area (Å²) in [5.41, 5.74) is 6.23. The lowest BCUT2D eigenvalue weighted by atomic mass is 9.77. The van der Waals surface area contributed by atoms with Crippen LogP contribution in [-0.4, -0.2) is 29.9 Å². The Labute approximate surface area is 112 Å². The first-order valence-electron chi connectivity index (χ1n) is 7.24. The van der Waals surface area contributed by atoms with Gasteiger partial charge in [-0.3, -0.25) is 4.79 Å². The Hall–Kier alpha value is -0.570. The van der Waals surface area contributed by atoms with E-state index < -0.39 is 0 Å². The van der Waals surface area contributed by atoms with E-state index >= 15 is 0 Å². The van der Waals surface area contributed by atoms with Gasteiger partial charge in [-0.05, 0) is 30.1 Å². The molecule has 1 rings (SSSR count). The molecule has 0 aromatic heterocycles. The summed E-state index contributed by atoms with van der Waals surface area (Å²) in [4.78, 5) is 14.4. The molecule has 0 spiro atoms. The van der Waals surface area contributed by atoms with Gasteiger partial charge in [0, 0.05) is 13.1 Å². The fraction of sp³-hybridized carbons (Fsp3) is 0.933. The quantitative estimate of drug-likeness (QED) is 0.842. The molecule has 106 valence electrons. The molecule has 18 heavy (non-hydrogen) atoms. The van der Waals surface area contributed by atoms with Gasteiger partial charge in [0.1, 0.15) is 0 Å². The van der Waals surface area contributed by atoms with Crippen LogP contribution in [0.15, 0.2) is 0 Å². The largest absolute Gasteiger partial charge is 0.341 e. The van der Waals surface area contributed by atoms with Gasteiger partial charge in [-0.25, -0.2) is 0 Å². The highest BCUT2D eigenvalue weighted by molar-refractivity contribution is 5.82. The third-order valence-electron chi connectivity index (χ3n) is 4.15. The minimum Gasteiger partial charge on any atom is -0.341 e. The number of carbonyl (C=O) groups is 1. The lowest BCUT2D eigenvalue weighted by molar-refractivity contribution is -0.138. The van der Waals surface area contributed by atoms with E-state index in [9.17, 15) is 4.79 Å². The van der Waals surface area contributed by atoms with Crippen molar-refractivity contribution in [3.8, 4) is 0 Å². The minimum atomic E-state index is -0.388. The second-order valence-electron chi connectivity index (χ2n) is 7.27. The van der Waals surface area contributed by atoms with Gasteiger partial charge < -0.3 is 10.6 Å². The first-order valence-corrected chi connectivity index (χ1v) is 7.24. The summed E-state index contributed by atoms with van der Waals surface area (Å²) in [5, 5.41) is 0. The lowest BCUT2D eigenvalue weighted by Gasteiger charge is -2.42. The molecule has 0 radical (unpaired) electrons. The van der Waals surface area contributed by atoms with Crippen LogP contribution < -0.4 is 5.73 Å². The zero-order chi connectivity index (χ0) is 14.0. The van der Waals surface area contributed by atoms with Crippen LogP contribution in [0.1, 0.15) is 60.3 Å². The molecule has 1 saturated heterocycles. The first kappa shape index (κ1) is 15.5. The second-order valence-corrected chi connectivity index (χ2v) is 7.27. The van der Waals surface area contributed by atoms with Crippen LogP contribution in [-0.2, 0) is 4.79 Å². The number of amides is 1. The Morgan fingerprint density at radius 1 is 1.44 bits per heavy atom. The lowest BCUT2D eigenvalue weighted by Crippen LogP contribution is -2.54. The van der Waals surface area contributed by atoms with Crippen molar-refractivity contribution < 1.29 is 4.79 Å². The summed E-state index contributed by atoms with van der Waals surface area (Å²) in [6.07, 6.45) is 4.72. The topological polar surface area (TPSA) is 46.3 Å². The summed E-state index contributed by atoms with van der Waals surface area (Å²) in [7, 11) is 0. The van der Waals surface area contributed by atoms with Crippen LogP contribution in [0.5, 0.6) is 0 Å². The first-order chi connectivity index (χ1) is 8.19. The van der Waals surface area contributed by atoms with Crippen LogP contribution in [0.4, 0.5) is 0 Å². The van der Waals surface area contributed by atoms with E-state index in [-0.39, 0.29) is 17.4 Å². The van der Waals surface area contributed by atoms with Crippen LogP contribution in [0, 0.1) is 10.8 Å². The summed E-state index contributed by atoms with van der Waals surface area (Å²) in [6, 6.07) is -0.388. The summed E-state index contributed by atoms with van der Waals surface area (Å²) >= 11 is 0. The van der Waals surface area contributed by atoms with Crippen molar-refractivity contribution >= 4 is 5.91 Å². The zero-order valence-electron chi connectivity index (χ0n) is 12.8. The number of hydrogen-bond acceptors (Lipinski definition) is 2. The predicted octanol–water partition coefficient (Wildman–Crippen LogP) is 2.79. The van der Waals surface area contributed by atoms with E-state index in [1.165, 1.54) is 19.3 Å². The molecule has 0 aromatic rings. The van der Waals surface area contributed by atoms with Crippen LogP contribution in [0.25, 0.3) is 0 Å². The zero-order valence-corrected chi connectivity index (χ0v) is 12.8. The Morgan fingerprint density at radius 2 is 2.06 bits per heavy atom. The summed E-state index contributed by atoms with van der Waals surface area (Å²) < 4.78 is 0. The van der Waals surface area contributed by atoms with Gasteiger partial charge in [0.05, 0.1) is 6.04 Å². The van der Waals surface area contributed by atoms with Gasteiger partial charge in [0.2, 0.25) is 5.91 Å². The maximum absolute atomic E-state index is 12.4. The highest BCUT2D eigenvalue weighted by atomic mass is 16.2. The molecule has 0 saturated carbocycles. The van der Waals surface area contributed by atoms with Crippen molar-refractivity contribution in [2.45, 2.75) is 66.3 Å². The number of carbonyl (C=O) groups excluding carboxylic acids is 1. The normalized spacial score (nSPS) is 27.1. The highest BCUT2D eigenvalue weighted by Gasteiger charge is 2.36. The molecule has 2 N–H and O–H groups in total. The number of likely N-dealkylation sites (tertiary alicyclic amines) is 1. The average Bonchev–Trinajstić information content (AvgIpc) is 2.25. The van der Waals surface area contributed by atoms with Crippen molar-refractivity contribution in [2.75, 3.05) is 13.1 Å². The third-order valence-corrected chi connectivity index (χ3v) is 4.15. The van der Waals surface area contributed by atoms with Gasteiger partial charge >= 0.3 is 0 Å². The van der Waals surface area contributed by atoms with Gasteiger partial charge in [0.15, 0.2) is 0 Å². The molecular formula is C15H30N2O. The fourth-order valence-electron chi connectivity index (χ4n) is 2.88. The molecule has 1 amide bonds. The maximum atomic E-state index is 12.4. The Bertz CT molecular complexity index is 291. The second kappa shape index (κ2) is 5.60. The maximum Gasteiger partial charge on any atom is 0.240 e. The van der Waals surface area contributed by atoms with Gasteiger partial charge in [-0.2, -0.15) is 0 Å². The summed E-state index contributed by atoms with van der Waals surface area (Å²) in [6.45, 7) is 12.4. The monoisotopic (exact) mass is 254 g/mol. The molecule has 1 aliphatic rings. The van der Waals surface area contributed by atoms with Crippen LogP contribution in [0.2, 0.25) is 0 Å². The number of nitrogens with zero attached hydrogens (tertiary/aromatic N) is 1. The van der Waals surface area contributed by atoms with E-state index in [1.54, 1.807) is 0 Å². The van der Waals surface area contributed by atoms with E-state index in [0.717, 1.165) is 19.5 Å². The molecule has 3 heteroatoms. The molecule has 3 nitrogen and oxygen atoms in total. The minimum absolute atomic E-state index is 0.129. The van der Waals surface area contributed by atoms with Crippen molar-refractivity contribution in [1.82, 2.24) is 4.90 Å². The predicted molar refractivity (Wildman–Crippen MR) is 76.3 cm³/mol. The molecular weight excluding hydrogens is 224 g/mol. The molecule has 1 heterocycles. The molecule has 1 aliphatic heterocycles. The Kier molecular flexibility index (Phi) is 4.82. The fourth-order valence-corrected chi connectivity index (χ4v) is 2.88. The smallest absolute Gasteiger partial charge is 0.240 e. The standard InChI is InChI=1S/C15H30N2O/c1-6-8-15(5)9-7-10-17(11-15)13(18)12(16)14(2,3)4/h12H,6-11,16H2,1-5H3/t12-,15?/m1/s1. The van der Waals surface area contributed by atoms with Gasteiger partial charge in [-0.15, -0.1) is 0 Å². The highest BCUT2D eigenvalue weighted by Crippen LogP contribution is 2.34. The van der Waals surface area contributed by atoms with Crippen molar-refractivity contribution in [1.29, 1.82) is 0 Å². The number of hydrogen-bond donors (Lipinski definition) is 1. The van der Waals surface area contributed by atoms with Gasteiger partial charge in [-0.1, -0.05) is 41.0 Å². The molecule has 0 bridgehead atoms. The SMILES string of the molecule is CCCC1(C)CCCN(C(=O)[C@@H](N)C(C)(C)C)C1. The van der Waals surface area contributed by atoms with Gasteiger partial charge in [0.25, 0.3) is 0 Å². The molecule has 0 aromatic carbocycles. The Balaban J connectivity index is 2.70. The summed E-state index contributed by atoms with van der Waals surface area (Å²) in [5.74, 6) is 0.129. The van der Waals surface area contributed by atoms with Crippen molar-refractivity contribution in [2.24, 2.45) is 16.6 Å². The van der Waals surface area contributed by atoms with E-state index in [0.29, 0.717) is 5.41 Å². The average molecular weight is 254 g/mol. The third kappa shape index (κ3) is 3.71. The molecule has 0 aliphatic carbocycles. The number of nitrogens with two attached hydrogens (primary N) is 1. The van der Waals surface area contributed by atoms with Crippen LogP contribution >= 0.6 is 0 Å². The van der Waals surface area contributed by atoms with Crippen molar-refractivity contribution in [3.63, 3.8) is 0 Å². The van der Waals surface area contributed by atoms with Crippen LogP contribution in [0.3, 0.4) is 0 Å². The number of piperidine rings is 1. The van der Waals surface area contributed by atoms with Crippen molar-refractivity contribution in [3.05, 3.63) is 0 Å². The van der Waals surface area contributed by atoms with E-state index in [4.69, 9.17) is 5.73 Å². The molecule has 1 fully saturated rings. The molecule has 2 atom stereocenters.